The molecule has 0 fully saturated rings. The van der Waals surface area contributed by atoms with Crippen LogP contribution in [0.25, 0.3) is 0 Å². The minimum Gasteiger partial charge on any atom is -0.507 e. The molecule has 3 rings (SSSR count). The van der Waals surface area contributed by atoms with Gasteiger partial charge in [0.25, 0.3) is 0 Å². The van der Waals surface area contributed by atoms with Gasteiger partial charge in [0, 0.05) is 0 Å². The van der Waals surface area contributed by atoms with Crippen LogP contribution in [0.1, 0.15) is 27.4 Å². The predicted octanol–water partition coefficient (Wildman–Crippen LogP) is 3.91. The number of hydrogen-bond donors (Lipinski definition) is 1. The summed E-state index contributed by atoms with van der Waals surface area (Å²) in [4.78, 5) is 25.0. The number of esters is 2. The zero-order chi connectivity index (χ0) is 17.6. The van der Waals surface area contributed by atoms with E-state index in [4.69, 9.17) is 4.74 Å². The molecule has 1 N–H and O–H groups in total. The van der Waals surface area contributed by atoms with E-state index < -0.39 is 17.9 Å². The molecule has 3 aromatic rings. The molecule has 0 aromatic heterocycles. The average Bonchev–Trinajstić information content (AvgIpc) is 2.64. The average molecular weight is 332 g/mol. The monoisotopic (exact) mass is 332 g/mol. The van der Waals surface area contributed by atoms with Crippen molar-refractivity contribution < 1.29 is 19.4 Å². The Balaban J connectivity index is 1.90. The van der Waals surface area contributed by atoms with Gasteiger partial charge in [-0.15, -0.1) is 0 Å². The molecule has 0 aliphatic rings. The number of rotatable bonds is 4. The van der Waals surface area contributed by atoms with Crippen molar-refractivity contribution in [2.24, 2.45) is 0 Å². The number of ether oxygens (including phenoxy) is 1. The maximum atomic E-state index is 12.7. The van der Waals surface area contributed by atoms with Crippen LogP contribution in [0.3, 0.4) is 0 Å². The fraction of sp³-hybridized carbons (Fsp3) is 0.0476. The van der Waals surface area contributed by atoms with Crippen LogP contribution in [0, 0.1) is 0 Å². The molecule has 25 heavy (non-hydrogen) atoms. The normalized spacial score (nSPS) is 10.4. The molecular weight excluding hydrogens is 316 g/mol. The molecule has 0 amide bonds. The quantitative estimate of drug-likeness (QED) is 0.581. The minimum absolute atomic E-state index is 0.0456. The van der Waals surface area contributed by atoms with Gasteiger partial charge in [-0.1, -0.05) is 72.8 Å². The van der Waals surface area contributed by atoms with E-state index in [0.717, 1.165) is 11.1 Å². The fourth-order valence-corrected chi connectivity index (χ4v) is 2.61. The Morgan fingerprint density at radius 1 is 0.720 bits per heavy atom. The second-order valence-electron chi connectivity index (χ2n) is 5.48. The van der Waals surface area contributed by atoms with E-state index in [-0.39, 0.29) is 11.3 Å². The number of phenols is 1. The van der Waals surface area contributed by atoms with Crippen LogP contribution in [-0.2, 0) is 9.53 Å². The zero-order valence-corrected chi connectivity index (χ0v) is 13.3. The number of benzene rings is 3. The van der Waals surface area contributed by atoms with Crippen LogP contribution in [0.15, 0.2) is 84.9 Å². The van der Waals surface area contributed by atoms with Gasteiger partial charge >= 0.3 is 11.9 Å². The van der Waals surface area contributed by atoms with Crippen LogP contribution in [0.5, 0.6) is 5.75 Å². The van der Waals surface area contributed by atoms with Crippen molar-refractivity contribution in [2.45, 2.75) is 5.92 Å². The molecule has 0 atom stereocenters. The number of carbonyl (C=O) groups excluding carboxylic acids is 2. The van der Waals surface area contributed by atoms with Gasteiger partial charge < -0.3 is 9.84 Å². The third kappa shape index (κ3) is 3.75. The van der Waals surface area contributed by atoms with Crippen molar-refractivity contribution in [1.82, 2.24) is 0 Å². The first-order chi connectivity index (χ1) is 12.2. The molecule has 0 saturated heterocycles. The van der Waals surface area contributed by atoms with E-state index >= 15 is 0 Å². The molecule has 4 heteroatoms. The van der Waals surface area contributed by atoms with E-state index in [1.807, 2.05) is 60.7 Å². The predicted molar refractivity (Wildman–Crippen MR) is 93.3 cm³/mol. The van der Waals surface area contributed by atoms with Crippen molar-refractivity contribution >= 4 is 11.9 Å². The van der Waals surface area contributed by atoms with Gasteiger partial charge in [-0.2, -0.15) is 0 Å². The molecule has 0 unspecified atom stereocenters. The van der Waals surface area contributed by atoms with Crippen LogP contribution in [-0.4, -0.2) is 17.0 Å². The highest BCUT2D eigenvalue weighted by Gasteiger charge is 2.27. The summed E-state index contributed by atoms with van der Waals surface area (Å²) in [5.41, 5.74) is 1.41. The number of hydrogen-bond acceptors (Lipinski definition) is 4. The first kappa shape index (κ1) is 16.5. The lowest BCUT2D eigenvalue weighted by molar-refractivity contribution is -0.138. The largest absolute Gasteiger partial charge is 0.507 e. The summed E-state index contributed by atoms with van der Waals surface area (Å²) < 4.78 is 5.05. The highest BCUT2D eigenvalue weighted by atomic mass is 16.6. The minimum atomic E-state index is -0.875. The third-order valence-electron chi connectivity index (χ3n) is 3.82. The first-order valence-corrected chi connectivity index (χ1v) is 7.80. The maximum Gasteiger partial charge on any atom is 0.349 e. The van der Waals surface area contributed by atoms with Gasteiger partial charge in [0.05, 0.1) is 0 Å². The Bertz CT molecular complexity index is 833. The number of aromatic hydroxyl groups is 1. The summed E-state index contributed by atoms with van der Waals surface area (Å²) in [5.74, 6) is -2.51. The van der Waals surface area contributed by atoms with Crippen LogP contribution in [0.2, 0.25) is 0 Å². The van der Waals surface area contributed by atoms with E-state index in [2.05, 4.69) is 0 Å². The SMILES string of the molecule is O=C(OC(=O)C(c1ccccc1)c1ccccc1)c1ccccc1O. The Kier molecular flexibility index (Phi) is 4.90. The topological polar surface area (TPSA) is 63.6 Å². The smallest absolute Gasteiger partial charge is 0.349 e. The molecule has 0 radical (unpaired) electrons. The molecule has 0 aliphatic heterocycles. The highest BCUT2D eigenvalue weighted by molar-refractivity contribution is 6.01. The van der Waals surface area contributed by atoms with E-state index in [0.29, 0.717) is 0 Å². The van der Waals surface area contributed by atoms with Crippen molar-refractivity contribution in [1.29, 1.82) is 0 Å². The van der Waals surface area contributed by atoms with Gasteiger partial charge in [-0.05, 0) is 23.3 Å². The zero-order valence-electron chi connectivity index (χ0n) is 13.3. The lowest BCUT2D eigenvalue weighted by atomic mass is 9.91. The molecule has 124 valence electrons. The summed E-state index contributed by atoms with van der Waals surface area (Å²) in [7, 11) is 0. The van der Waals surface area contributed by atoms with Gasteiger partial charge in [0.15, 0.2) is 0 Å². The highest BCUT2D eigenvalue weighted by Crippen LogP contribution is 2.27. The van der Waals surface area contributed by atoms with Gasteiger partial charge in [0.1, 0.15) is 17.2 Å². The lowest BCUT2D eigenvalue weighted by Gasteiger charge is -2.16. The summed E-state index contributed by atoms with van der Waals surface area (Å²) in [6.07, 6.45) is 0. The summed E-state index contributed by atoms with van der Waals surface area (Å²) in [6.45, 7) is 0. The standard InChI is InChI=1S/C21H16O4/c22-18-14-8-7-13-17(18)20(23)25-21(24)19(15-9-3-1-4-10-15)16-11-5-2-6-12-16/h1-14,19,22H. The Morgan fingerprint density at radius 2 is 1.20 bits per heavy atom. The van der Waals surface area contributed by atoms with Gasteiger partial charge in [-0.25, -0.2) is 4.79 Å². The molecule has 0 heterocycles. The van der Waals surface area contributed by atoms with Crippen molar-refractivity contribution in [3.8, 4) is 5.75 Å². The van der Waals surface area contributed by atoms with Crippen LogP contribution in [0.4, 0.5) is 0 Å². The molecule has 0 saturated carbocycles. The lowest BCUT2D eigenvalue weighted by Crippen LogP contribution is -2.21. The van der Waals surface area contributed by atoms with Crippen molar-refractivity contribution in [3.63, 3.8) is 0 Å². The number of carbonyl (C=O) groups is 2. The number of para-hydroxylation sites is 1. The summed E-state index contributed by atoms with van der Waals surface area (Å²) in [5, 5.41) is 9.75. The van der Waals surface area contributed by atoms with Crippen molar-refractivity contribution in [3.05, 3.63) is 102 Å². The molecule has 3 aromatic carbocycles. The molecule has 0 aliphatic carbocycles. The third-order valence-corrected chi connectivity index (χ3v) is 3.82. The maximum absolute atomic E-state index is 12.7. The van der Waals surface area contributed by atoms with Crippen LogP contribution >= 0.6 is 0 Å². The molecule has 0 bridgehead atoms. The number of phenolic OH excluding ortho intramolecular Hbond substituents is 1. The second kappa shape index (κ2) is 7.45. The fourth-order valence-electron chi connectivity index (χ4n) is 2.61. The van der Waals surface area contributed by atoms with Crippen LogP contribution < -0.4 is 0 Å². The van der Waals surface area contributed by atoms with E-state index in [1.165, 1.54) is 12.1 Å². The summed E-state index contributed by atoms with van der Waals surface area (Å²) in [6, 6.07) is 24.2. The van der Waals surface area contributed by atoms with Crippen molar-refractivity contribution in [2.75, 3.05) is 0 Å². The van der Waals surface area contributed by atoms with E-state index in [9.17, 15) is 14.7 Å². The Hall–Kier alpha value is -3.40. The first-order valence-electron chi connectivity index (χ1n) is 7.80. The Labute approximate surface area is 145 Å². The molecule has 0 spiro atoms. The van der Waals surface area contributed by atoms with E-state index in [1.54, 1.807) is 12.1 Å². The molecule has 4 nitrogen and oxygen atoms in total. The Morgan fingerprint density at radius 3 is 1.72 bits per heavy atom. The molecular formula is C21H16O4. The van der Waals surface area contributed by atoms with Gasteiger partial charge in [-0.3, -0.25) is 4.79 Å². The summed E-state index contributed by atoms with van der Waals surface area (Å²) >= 11 is 0. The second-order valence-corrected chi connectivity index (χ2v) is 5.48. The van der Waals surface area contributed by atoms with Gasteiger partial charge in [0.2, 0.25) is 0 Å².